The number of aliphatic hydroxyl groups is 6. The molecule has 1 unspecified atom stereocenters. The van der Waals surface area contributed by atoms with Gasteiger partial charge in [-0.3, -0.25) is 0 Å². The van der Waals surface area contributed by atoms with E-state index in [1.165, 1.54) is 0 Å². The molecule has 0 radical (unpaired) electrons. The molecule has 19 heavy (non-hydrogen) atoms. The fourth-order valence-corrected chi connectivity index (χ4v) is 2.67. The molecule has 8 atom stereocenters. The van der Waals surface area contributed by atoms with Crippen LogP contribution in [0.5, 0.6) is 0 Å². The maximum absolute atomic E-state index is 9.78. The van der Waals surface area contributed by atoms with Crippen LogP contribution in [0.15, 0.2) is 0 Å². The van der Waals surface area contributed by atoms with Crippen LogP contribution in [0.3, 0.4) is 0 Å². The lowest BCUT2D eigenvalue weighted by molar-refractivity contribution is -0.128. The maximum atomic E-state index is 9.78. The number of hydrogen-bond donors (Lipinski definition) is 7. The van der Waals surface area contributed by atoms with E-state index in [0.717, 1.165) is 0 Å². The second kappa shape index (κ2) is 5.98. The van der Waals surface area contributed by atoms with E-state index in [9.17, 15) is 25.5 Å². The van der Waals surface area contributed by atoms with Crippen LogP contribution in [0.4, 0.5) is 0 Å². The third-order valence-electron chi connectivity index (χ3n) is 3.90. The Balaban J connectivity index is 1.83. The largest absolute Gasteiger partial charge is 0.395 e. The Hall–Kier alpha value is -0.320. The van der Waals surface area contributed by atoms with Gasteiger partial charge in [-0.05, 0) is 12.8 Å². The molecule has 2 aliphatic rings. The van der Waals surface area contributed by atoms with E-state index in [1.807, 2.05) is 0 Å². The van der Waals surface area contributed by atoms with Crippen molar-refractivity contribution >= 4 is 0 Å². The first kappa shape index (κ1) is 15.1. The molecule has 2 rings (SSSR count). The summed E-state index contributed by atoms with van der Waals surface area (Å²) >= 11 is 0. The second-order valence-electron chi connectivity index (χ2n) is 5.17. The van der Waals surface area contributed by atoms with Crippen molar-refractivity contribution in [2.75, 3.05) is 6.61 Å². The minimum Gasteiger partial charge on any atom is -0.395 e. The highest BCUT2D eigenvalue weighted by Crippen LogP contribution is 2.26. The first-order chi connectivity index (χ1) is 8.95. The molecule has 0 aromatic rings. The number of aliphatic hydroxyl groups excluding tert-OH is 6. The summed E-state index contributed by atoms with van der Waals surface area (Å²) in [6, 6.07) is -1.01. The molecule has 112 valence electrons. The minimum atomic E-state index is -1.41. The smallest absolute Gasteiger partial charge is 0.183 e. The molecule has 0 aromatic heterocycles. The number of nitrogens with one attached hydrogen (secondary N) is 1. The number of ether oxygens (including phenoxy) is 1. The van der Waals surface area contributed by atoms with Crippen molar-refractivity contribution in [3.8, 4) is 0 Å². The molecule has 2 heterocycles. The number of hydrogen-bond acceptors (Lipinski definition) is 8. The van der Waals surface area contributed by atoms with Crippen LogP contribution >= 0.6 is 0 Å². The van der Waals surface area contributed by atoms with E-state index >= 15 is 0 Å². The van der Waals surface area contributed by atoms with E-state index in [1.54, 1.807) is 0 Å². The molecule has 0 spiro atoms. The monoisotopic (exact) mass is 279 g/mol. The third kappa shape index (κ3) is 2.91. The van der Waals surface area contributed by atoms with Crippen LogP contribution in [-0.4, -0.2) is 86.1 Å². The molecule has 0 saturated carbocycles. The van der Waals surface area contributed by atoms with Gasteiger partial charge >= 0.3 is 0 Å². The van der Waals surface area contributed by atoms with Crippen molar-refractivity contribution in [1.82, 2.24) is 5.32 Å². The summed E-state index contributed by atoms with van der Waals surface area (Å²) in [5.74, 6) is 0. The van der Waals surface area contributed by atoms with Crippen LogP contribution in [0.25, 0.3) is 0 Å². The SMILES string of the molecule is OC[C@@H]1N[C@H](CC[C@@H]2OC(O)[C@H](O)[C@@H]2O)[C@@H](O)[C@@H]1O. The molecule has 2 aliphatic heterocycles. The Morgan fingerprint density at radius 3 is 1.89 bits per heavy atom. The highest BCUT2D eigenvalue weighted by Gasteiger charge is 2.44. The summed E-state index contributed by atoms with van der Waals surface area (Å²) < 4.78 is 5.00. The molecule has 0 amide bonds. The Labute approximate surface area is 110 Å². The zero-order valence-corrected chi connectivity index (χ0v) is 10.3. The predicted octanol–water partition coefficient (Wildman–Crippen LogP) is -3.74. The van der Waals surface area contributed by atoms with Crippen molar-refractivity contribution in [2.45, 2.75) is 61.7 Å². The highest BCUT2D eigenvalue weighted by molar-refractivity contribution is 4.98. The van der Waals surface area contributed by atoms with Gasteiger partial charge in [0.1, 0.15) is 12.2 Å². The van der Waals surface area contributed by atoms with Crippen molar-refractivity contribution < 1.29 is 35.4 Å². The first-order valence-electron chi connectivity index (χ1n) is 6.38. The molecule has 0 aliphatic carbocycles. The average molecular weight is 279 g/mol. The zero-order chi connectivity index (χ0) is 14.2. The summed E-state index contributed by atoms with van der Waals surface area (Å²) in [6.45, 7) is -0.283. The lowest BCUT2D eigenvalue weighted by atomic mass is 9.99. The lowest BCUT2D eigenvalue weighted by Crippen LogP contribution is -2.37. The Morgan fingerprint density at radius 1 is 0.789 bits per heavy atom. The summed E-state index contributed by atoms with van der Waals surface area (Å²) in [5.41, 5.74) is 0. The van der Waals surface area contributed by atoms with Crippen molar-refractivity contribution in [3.63, 3.8) is 0 Å². The molecule has 2 fully saturated rings. The van der Waals surface area contributed by atoms with Crippen LogP contribution in [0.2, 0.25) is 0 Å². The molecular formula is C11H21NO7. The van der Waals surface area contributed by atoms with E-state index in [4.69, 9.17) is 9.84 Å². The quantitative estimate of drug-likeness (QED) is 0.278. The standard InChI is InChI=1S/C11H21NO7/c13-3-5-8(15)7(14)4(12-5)1-2-6-9(16)10(17)11(18)19-6/h4-18H,1-3H2/t4-,5+,6+,7-,8-,9-,10-,11?/m1/s1. The number of rotatable bonds is 4. The van der Waals surface area contributed by atoms with Crippen molar-refractivity contribution in [3.05, 3.63) is 0 Å². The second-order valence-corrected chi connectivity index (χ2v) is 5.17. The Morgan fingerprint density at radius 2 is 1.42 bits per heavy atom. The summed E-state index contributed by atoms with van der Waals surface area (Å²) in [4.78, 5) is 0. The molecular weight excluding hydrogens is 258 g/mol. The van der Waals surface area contributed by atoms with E-state index < -0.39 is 48.9 Å². The van der Waals surface area contributed by atoms with Gasteiger partial charge < -0.3 is 40.7 Å². The molecule has 8 heteroatoms. The van der Waals surface area contributed by atoms with Crippen LogP contribution in [-0.2, 0) is 4.74 Å². The van der Waals surface area contributed by atoms with Gasteiger partial charge in [-0.2, -0.15) is 0 Å². The summed E-state index contributed by atoms with van der Waals surface area (Å²) in [6.07, 6.45) is -6.01. The van der Waals surface area contributed by atoms with E-state index in [2.05, 4.69) is 5.32 Å². The van der Waals surface area contributed by atoms with Gasteiger partial charge in [0, 0.05) is 6.04 Å². The van der Waals surface area contributed by atoms with Gasteiger partial charge in [0.05, 0.1) is 31.0 Å². The van der Waals surface area contributed by atoms with Gasteiger partial charge in [0.25, 0.3) is 0 Å². The first-order valence-corrected chi connectivity index (χ1v) is 6.38. The summed E-state index contributed by atoms with van der Waals surface area (Å²) in [7, 11) is 0. The Bertz CT molecular complexity index is 305. The highest BCUT2D eigenvalue weighted by atomic mass is 16.6. The van der Waals surface area contributed by atoms with Crippen LogP contribution in [0.1, 0.15) is 12.8 Å². The van der Waals surface area contributed by atoms with Gasteiger partial charge in [0.15, 0.2) is 6.29 Å². The molecule has 0 bridgehead atoms. The minimum absolute atomic E-state index is 0.283. The molecule has 8 nitrogen and oxygen atoms in total. The maximum Gasteiger partial charge on any atom is 0.183 e. The third-order valence-corrected chi connectivity index (χ3v) is 3.90. The summed E-state index contributed by atoms with van der Waals surface area (Å²) in [5, 5.41) is 59.5. The van der Waals surface area contributed by atoms with Gasteiger partial charge in [-0.1, -0.05) is 0 Å². The fraction of sp³-hybridized carbons (Fsp3) is 1.00. The molecule has 7 N–H and O–H groups in total. The average Bonchev–Trinajstić information content (AvgIpc) is 2.81. The van der Waals surface area contributed by atoms with Crippen LogP contribution in [0, 0.1) is 0 Å². The topological polar surface area (TPSA) is 143 Å². The van der Waals surface area contributed by atoms with Crippen LogP contribution < -0.4 is 5.32 Å². The van der Waals surface area contributed by atoms with E-state index in [0.29, 0.717) is 12.8 Å². The van der Waals surface area contributed by atoms with Crippen molar-refractivity contribution in [2.24, 2.45) is 0 Å². The Kier molecular flexibility index (Phi) is 4.75. The molecule has 2 saturated heterocycles. The lowest BCUT2D eigenvalue weighted by Gasteiger charge is -2.19. The molecule has 0 aromatic carbocycles. The van der Waals surface area contributed by atoms with Gasteiger partial charge in [-0.25, -0.2) is 0 Å². The fourth-order valence-electron chi connectivity index (χ4n) is 2.67. The van der Waals surface area contributed by atoms with Gasteiger partial charge in [-0.15, -0.1) is 0 Å². The van der Waals surface area contributed by atoms with E-state index in [-0.39, 0.29) is 6.61 Å². The normalized spacial score (nSPS) is 50.8. The zero-order valence-electron chi connectivity index (χ0n) is 10.3. The predicted molar refractivity (Wildman–Crippen MR) is 61.9 cm³/mol. The van der Waals surface area contributed by atoms with Gasteiger partial charge in [0.2, 0.25) is 0 Å². The van der Waals surface area contributed by atoms with Crippen molar-refractivity contribution in [1.29, 1.82) is 0 Å².